The predicted molar refractivity (Wildman–Crippen MR) is 79.6 cm³/mol. The maximum atomic E-state index is 12.2. The quantitative estimate of drug-likeness (QED) is 0.779. The summed E-state index contributed by atoms with van der Waals surface area (Å²) in [5, 5.41) is 0. The molecule has 0 fully saturated rings. The largest absolute Gasteiger partial charge is 0.241 e. The molecule has 0 spiro atoms. The highest BCUT2D eigenvalue weighted by molar-refractivity contribution is 7.89. The van der Waals surface area contributed by atoms with Crippen molar-refractivity contribution >= 4 is 10.0 Å². The zero-order valence-electron chi connectivity index (χ0n) is 11.9. The van der Waals surface area contributed by atoms with E-state index in [4.69, 9.17) is 0 Å². The highest BCUT2D eigenvalue weighted by Crippen LogP contribution is 2.12. The molecule has 1 rings (SSSR count). The van der Waals surface area contributed by atoms with Gasteiger partial charge in [0.25, 0.3) is 0 Å². The van der Waals surface area contributed by atoms with E-state index >= 15 is 0 Å². The summed E-state index contributed by atoms with van der Waals surface area (Å²) in [6.07, 6.45) is 6.59. The molecule has 1 aromatic carbocycles. The van der Waals surface area contributed by atoms with E-state index in [-0.39, 0.29) is 6.04 Å². The van der Waals surface area contributed by atoms with E-state index in [2.05, 4.69) is 4.72 Å². The van der Waals surface area contributed by atoms with Crippen molar-refractivity contribution in [1.29, 1.82) is 0 Å². The lowest BCUT2D eigenvalue weighted by Gasteiger charge is -2.14. The van der Waals surface area contributed by atoms with Gasteiger partial charge in [-0.3, -0.25) is 0 Å². The Labute approximate surface area is 116 Å². The smallest absolute Gasteiger partial charge is 0.207 e. The SMILES string of the molecule is CC/C=C/C(CCC)NS(=O)(=O)c1ccc(C)cc1. The maximum absolute atomic E-state index is 12.2. The first-order valence-corrected chi connectivity index (χ1v) is 8.23. The van der Waals surface area contributed by atoms with Gasteiger partial charge in [0.1, 0.15) is 0 Å². The van der Waals surface area contributed by atoms with Crippen molar-refractivity contribution in [3.63, 3.8) is 0 Å². The second kappa shape index (κ2) is 7.46. The highest BCUT2D eigenvalue weighted by Gasteiger charge is 2.17. The Balaban J connectivity index is 2.87. The molecule has 0 bridgehead atoms. The average molecular weight is 281 g/mol. The zero-order valence-corrected chi connectivity index (χ0v) is 12.7. The Kier molecular flexibility index (Phi) is 6.25. The molecule has 19 heavy (non-hydrogen) atoms. The van der Waals surface area contributed by atoms with Gasteiger partial charge < -0.3 is 0 Å². The first-order valence-electron chi connectivity index (χ1n) is 6.75. The highest BCUT2D eigenvalue weighted by atomic mass is 32.2. The minimum atomic E-state index is -3.43. The number of sulfonamides is 1. The molecule has 4 heteroatoms. The summed E-state index contributed by atoms with van der Waals surface area (Å²) in [7, 11) is -3.43. The summed E-state index contributed by atoms with van der Waals surface area (Å²) in [6.45, 7) is 6.02. The molecule has 1 N–H and O–H groups in total. The Bertz CT molecular complexity index is 503. The van der Waals surface area contributed by atoms with E-state index in [0.29, 0.717) is 4.90 Å². The molecule has 1 atom stereocenters. The van der Waals surface area contributed by atoms with Crippen molar-refractivity contribution in [2.75, 3.05) is 0 Å². The third kappa shape index (κ3) is 5.17. The van der Waals surface area contributed by atoms with Gasteiger partial charge in [0.15, 0.2) is 0 Å². The Hall–Kier alpha value is -1.13. The topological polar surface area (TPSA) is 46.2 Å². The Morgan fingerprint density at radius 1 is 1.21 bits per heavy atom. The monoisotopic (exact) mass is 281 g/mol. The fraction of sp³-hybridized carbons (Fsp3) is 0.467. The van der Waals surface area contributed by atoms with E-state index < -0.39 is 10.0 Å². The number of rotatable bonds is 7. The van der Waals surface area contributed by atoms with Crippen molar-refractivity contribution in [3.05, 3.63) is 42.0 Å². The van der Waals surface area contributed by atoms with E-state index in [1.807, 2.05) is 45.1 Å². The van der Waals surface area contributed by atoms with Gasteiger partial charge in [-0.25, -0.2) is 13.1 Å². The molecule has 0 heterocycles. The molecule has 1 unspecified atom stereocenters. The van der Waals surface area contributed by atoms with Crippen LogP contribution >= 0.6 is 0 Å². The summed E-state index contributed by atoms with van der Waals surface area (Å²) in [6, 6.07) is 6.78. The lowest BCUT2D eigenvalue weighted by molar-refractivity contribution is 0.560. The van der Waals surface area contributed by atoms with Gasteiger partial charge in [-0.2, -0.15) is 0 Å². The maximum Gasteiger partial charge on any atom is 0.241 e. The number of nitrogens with one attached hydrogen (secondary N) is 1. The van der Waals surface area contributed by atoms with Gasteiger partial charge in [-0.1, -0.05) is 50.1 Å². The van der Waals surface area contributed by atoms with Crippen LogP contribution in [0.2, 0.25) is 0 Å². The number of aryl methyl sites for hydroxylation is 1. The van der Waals surface area contributed by atoms with Crippen molar-refractivity contribution in [1.82, 2.24) is 4.72 Å². The predicted octanol–water partition coefficient (Wildman–Crippen LogP) is 3.41. The van der Waals surface area contributed by atoms with Crippen molar-refractivity contribution in [2.45, 2.75) is 51.0 Å². The van der Waals surface area contributed by atoms with Gasteiger partial charge in [-0.15, -0.1) is 0 Å². The van der Waals surface area contributed by atoms with Crippen LogP contribution in [0.4, 0.5) is 0 Å². The molecule has 0 aliphatic rings. The van der Waals surface area contributed by atoms with Gasteiger partial charge >= 0.3 is 0 Å². The zero-order chi connectivity index (χ0) is 14.3. The van der Waals surface area contributed by atoms with E-state index in [1.165, 1.54) is 0 Å². The molecular weight excluding hydrogens is 258 g/mol. The van der Waals surface area contributed by atoms with Gasteiger partial charge in [0.05, 0.1) is 4.90 Å². The molecule has 0 aliphatic carbocycles. The molecule has 106 valence electrons. The number of hydrogen-bond donors (Lipinski definition) is 1. The van der Waals surface area contributed by atoms with E-state index in [1.54, 1.807) is 12.1 Å². The van der Waals surface area contributed by atoms with Crippen LogP contribution < -0.4 is 4.72 Å². The Morgan fingerprint density at radius 3 is 2.37 bits per heavy atom. The van der Waals surface area contributed by atoms with Gasteiger partial charge in [0.2, 0.25) is 10.0 Å². The molecular formula is C15H23NO2S. The fourth-order valence-electron chi connectivity index (χ4n) is 1.79. The first-order chi connectivity index (χ1) is 8.99. The summed E-state index contributed by atoms with van der Waals surface area (Å²) in [5.41, 5.74) is 1.05. The standard InChI is InChI=1S/C15H23NO2S/c1-4-6-8-14(7-5-2)16-19(17,18)15-11-9-13(3)10-12-15/h6,8-12,14,16H,4-5,7H2,1-3H3/b8-6+. The second-order valence-corrected chi connectivity index (χ2v) is 6.38. The van der Waals surface area contributed by atoms with Crippen LogP contribution in [-0.2, 0) is 10.0 Å². The number of allylic oxidation sites excluding steroid dienone is 1. The molecule has 0 radical (unpaired) electrons. The summed E-state index contributed by atoms with van der Waals surface area (Å²) in [5.74, 6) is 0. The van der Waals surface area contributed by atoms with Gasteiger partial charge in [0, 0.05) is 6.04 Å². The fourth-order valence-corrected chi connectivity index (χ4v) is 3.02. The lowest BCUT2D eigenvalue weighted by Crippen LogP contribution is -2.33. The van der Waals surface area contributed by atoms with Crippen molar-refractivity contribution in [3.8, 4) is 0 Å². The molecule has 0 aliphatic heterocycles. The van der Waals surface area contributed by atoms with E-state index in [0.717, 1.165) is 24.8 Å². The third-order valence-electron chi connectivity index (χ3n) is 2.84. The molecule has 0 saturated carbocycles. The van der Waals surface area contributed by atoms with Crippen molar-refractivity contribution < 1.29 is 8.42 Å². The van der Waals surface area contributed by atoms with Crippen LogP contribution in [0.25, 0.3) is 0 Å². The second-order valence-electron chi connectivity index (χ2n) is 4.67. The van der Waals surface area contributed by atoms with Crippen LogP contribution in [0.5, 0.6) is 0 Å². The first kappa shape index (κ1) is 15.9. The van der Waals surface area contributed by atoms with Crippen molar-refractivity contribution in [2.24, 2.45) is 0 Å². The molecule has 3 nitrogen and oxygen atoms in total. The molecule has 0 amide bonds. The molecule has 1 aromatic rings. The van der Waals surface area contributed by atoms with Crippen LogP contribution in [0.1, 0.15) is 38.7 Å². The number of benzene rings is 1. The Morgan fingerprint density at radius 2 is 1.84 bits per heavy atom. The number of hydrogen-bond acceptors (Lipinski definition) is 2. The van der Waals surface area contributed by atoms with Crippen LogP contribution in [0, 0.1) is 6.92 Å². The summed E-state index contributed by atoms with van der Waals surface area (Å²) in [4.78, 5) is 0.323. The summed E-state index contributed by atoms with van der Waals surface area (Å²) < 4.78 is 27.2. The third-order valence-corrected chi connectivity index (χ3v) is 4.35. The van der Waals surface area contributed by atoms with Crippen LogP contribution in [0.15, 0.2) is 41.3 Å². The minimum Gasteiger partial charge on any atom is -0.207 e. The molecule has 0 saturated heterocycles. The normalized spacial score (nSPS) is 13.8. The van der Waals surface area contributed by atoms with Crippen LogP contribution in [0.3, 0.4) is 0 Å². The average Bonchev–Trinajstić information content (AvgIpc) is 2.36. The molecule has 0 aromatic heterocycles. The summed E-state index contributed by atoms with van der Waals surface area (Å²) >= 11 is 0. The minimum absolute atomic E-state index is 0.128. The van der Waals surface area contributed by atoms with E-state index in [9.17, 15) is 8.42 Å². The van der Waals surface area contributed by atoms with Crippen LogP contribution in [-0.4, -0.2) is 14.5 Å². The van der Waals surface area contributed by atoms with Gasteiger partial charge in [-0.05, 0) is 31.9 Å². The lowest BCUT2D eigenvalue weighted by atomic mass is 10.1.